The Hall–Kier alpha value is -1.28. The minimum atomic E-state index is 0.672. The lowest BCUT2D eigenvalue weighted by Crippen LogP contribution is -2.38. The summed E-state index contributed by atoms with van der Waals surface area (Å²) in [5, 5.41) is 0. The largest absolute Gasteiger partial charge is 0.399 e. The molecule has 0 spiro atoms. The van der Waals surface area contributed by atoms with Crippen LogP contribution in [0.15, 0.2) is 36.9 Å². The van der Waals surface area contributed by atoms with Crippen molar-refractivity contribution in [2.24, 2.45) is 0 Å². The third kappa shape index (κ3) is 5.79. The molecule has 0 radical (unpaired) electrons. The Kier molecular flexibility index (Phi) is 8.05. The van der Waals surface area contributed by atoms with Gasteiger partial charge in [-0.1, -0.05) is 44.0 Å². The number of unbranched alkanes of at least 4 members (excludes halogenated alkanes) is 1. The SMILES string of the molecule is C=CC1CCCCN1CCCC.Cc1ccccc1N. The number of hydrogen-bond acceptors (Lipinski definition) is 2. The molecule has 0 aromatic heterocycles. The van der Waals surface area contributed by atoms with Gasteiger partial charge in [-0.25, -0.2) is 0 Å². The van der Waals surface area contributed by atoms with Crippen molar-refractivity contribution < 1.29 is 0 Å². The van der Waals surface area contributed by atoms with Gasteiger partial charge in [-0.3, -0.25) is 4.90 Å². The minimum absolute atomic E-state index is 0.672. The van der Waals surface area contributed by atoms with Gasteiger partial charge in [0.25, 0.3) is 0 Å². The summed E-state index contributed by atoms with van der Waals surface area (Å²) in [5.74, 6) is 0. The monoisotopic (exact) mass is 274 g/mol. The summed E-state index contributed by atoms with van der Waals surface area (Å²) in [4.78, 5) is 2.58. The van der Waals surface area contributed by atoms with Crippen molar-refractivity contribution in [3.63, 3.8) is 0 Å². The van der Waals surface area contributed by atoms with Crippen LogP contribution in [0, 0.1) is 6.92 Å². The number of aryl methyl sites for hydroxylation is 1. The number of likely N-dealkylation sites (tertiary alicyclic amines) is 1. The summed E-state index contributed by atoms with van der Waals surface area (Å²) < 4.78 is 0. The van der Waals surface area contributed by atoms with Crippen molar-refractivity contribution in [3.8, 4) is 0 Å². The highest BCUT2D eigenvalue weighted by molar-refractivity contribution is 5.44. The molecule has 1 atom stereocenters. The van der Waals surface area contributed by atoms with E-state index in [2.05, 4.69) is 24.5 Å². The van der Waals surface area contributed by atoms with Crippen molar-refractivity contribution in [1.29, 1.82) is 0 Å². The molecular weight excluding hydrogens is 244 g/mol. The van der Waals surface area contributed by atoms with Crippen LogP contribution < -0.4 is 5.73 Å². The van der Waals surface area contributed by atoms with Crippen LogP contribution in [0.3, 0.4) is 0 Å². The van der Waals surface area contributed by atoms with E-state index in [1.165, 1.54) is 45.2 Å². The van der Waals surface area contributed by atoms with Crippen molar-refractivity contribution in [2.45, 2.75) is 52.0 Å². The number of nitrogens with two attached hydrogens (primary N) is 1. The molecule has 2 rings (SSSR count). The Balaban J connectivity index is 0.000000217. The maximum atomic E-state index is 5.52. The summed E-state index contributed by atoms with van der Waals surface area (Å²) in [6.45, 7) is 10.7. The number of piperidine rings is 1. The highest BCUT2D eigenvalue weighted by Crippen LogP contribution is 2.17. The second-order valence-corrected chi connectivity index (χ2v) is 5.54. The Morgan fingerprint density at radius 1 is 1.35 bits per heavy atom. The van der Waals surface area contributed by atoms with Crippen LogP contribution >= 0.6 is 0 Å². The van der Waals surface area contributed by atoms with Crippen LogP contribution in [0.4, 0.5) is 5.69 Å². The average molecular weight is 274 g/mol. The molecule has 1 saturated heterocycles. The third-order valence-electron chi connectivity index (χ3n) is 3.92. The predicted octanol–water partition coefficient (Wildman–Crippen LogP) is 4.40. The van der Waals surface area contributed by atoms with E-state index in [0.29, 0.717) is 6.04 Å². The van der Waals surface area contributed by atoms with Gasteiger partial charge in [0.1, 0.15) is 0 Å². The molecule has 0 amide bonds. The van der Waals surface area contributed by atoms with Crippen LogP contribution in [0.2, 0.25) is 0 Å². The first-order valence-corrected chi connectivity index (χ1v) is 7.86. The van der Waals surface area contributed by atoms with Crippen molar-refractivity contribution in [2.75, 3.05) is 18.8 Å². The number of nitrogens with zero attached hydrogens (tertiary/aromatic N) is 1. The fourth-order valence-corrected chi connectivity index (χ4v) is 2.51. The summed E-state index contributed by atoms with van der Waals surface area (Å²) >= 11 is 0. The summed E-state index contributed by atoms with van der Waals surface area (Å²) in [7, 11) is 0. The van der Waals surface area contributed by atoms with Gasteiger partial charge in [0.15, 0.2) is 0 Å². The van der Waals surface area contributed by atoms with Crippen LogP contribution in [-0.4, -0.2) is 24.0 Å². The van der Waals surface area contributed by atoms with Crippen LogP contribution in [0.1, 0.15) is 44.6 Å². The number of rotatable bonds is 4. The highest BCUT2D eigenvalue weighted by atomic mass is 15.2. The molecule has 1 fully saturated rings. The molecule has 0 saturated carbocycles. The van der Waals surface area contributed by atoms with E-state index < -0.39 is 0 Å². The smallest absolute Gasteiger partial charge is 0.0343 e. The molecule has 1 aromatic rings. The van der Waals surface area contributed by atoms with E-state index in [1.807, 2.05) is 31.2 Å². The minimum Gasteiger partial charge on any atom is -0.399 e. The molecule has 1 aliphatic heterocycles. The van der Waals surface area contributed by atoms with Gasteiger partial charge in [0, 0.05) is 11.7 Å². The zero-order chi connectivity index (χ0) is 14.8. The molecule has 112 valence electrons. The van der Waals surface area contributed by atoms with Gasteiger partial charge in [0.2, 0.25) is 0 Å². The van der Waals surface area contributed by atoms with Crippen LogP contribution in [0.5, 0.6) is 0 Å². The second kappa shape index (κ2) is 9.60. The lowest BCUT2D eigenvalue weighted by Gasteiger charge is -2.33. The van der Waals surface area contributed by atoms with Gasteiger partial charge < -0.3 is 5.73 Å². The zero-order valence-corrected chi connectivity index (χ0v) is 13.1. The standard InChI is InChI=1S/C11H21N.C7H9N/c1-3-5-9-12-10-7-6-8-11(12)4-2;1-6-4-2-3-5-7(6)8/h4,11H,2-3,5-10H2,1H3;2-5H,8H2,1H3. The molecule has 2 heteroatoms. The quantitative estimate of drug-likeness (QED) is 0.651. The van der Waals surface area contributed by atoms with Gasteiger partial charge in [-0.2, -0.15) is 0 Å². The molecule has 1 aliphatic rings. The lowest BCUT2D eigenvalue weighted by atomic mass is 10.0. The Morgan fingerprint density at radius 3 is 2.65 bits per heavy atom. The molecule has 2 nitrogen and oxygen atoms in total. The van der Waals surface area contributed by atoms with E-state index in [0.717, 1.165) is 11.3 Å². The molecule has 2 N–H and O–H groups in total. The van der Waals surface area contributed by atoms with Gasteiger partial charge >= 0.3 is 0 Å². The van der Waals surface area contributed by atoms with E-state index >= 15 is 0 Å². The number of hydrogen-bond donors (Lipinski definition) is 1. The number of anilines is 1. The Morgan fingerprint density at radius 2 is 2.10 bits per heavy atom. The first kappa shape index (κ1) is 16.8. The number of para-hydroxylation sites is 1. The number of nitrogen functional groups attached to an aromatic ring is 1. The van der Waals surface area contributed by atoms with Gasteiger partial charge in [-0.05, 0) is 50.9 Å². The normalized spacial score (nSPS) is 19.0. The average Bonchev–Trinajstić information content (AvgIpc) is 2.49. The van der Waals surface area contributed by atoms with Gasteiger partial charge in [-0.15, -0.1) is 6.58 Å². The molecular formula is C18H30N2. The predicted molar refractivity (Wildman–Crippen MR) is 89.9 cm³/mol. The van der Waals surface area contributed by atoms with E-state index in [1.54, 1.807) is 0 Å². The maximum Gasteiger partial charge on any atom is 0.0343 e. The summed E-state index contributed by atoms with van der Waals surface area (Å²) in [6, 6.07) is 8.48. The fourth-order valence-electron chi connectivity index (χ4n) is 2.51. The first-order valence-electron chi connectivity index (χ1n) is 7.86. The maximum absolute atomic E-state index is 5.52. The lowest BCUT2D eigenvalue weighted by molar-refractivity contribution is 0.178. The van der Waals surface area contributed by atoms with Crippen molar-refractivity contribution >= 4 is 5.69 Å². The second-order valence-electron chi connectivity index (χ2n) is 5.54. The third-order valence-corrected chi connectivity index (χ3v) is 3.92. The molecule has 1 unspecified atom stereocenters. The first-order chi connectivity index (χ1) is 9.69. The fraction of sp³-hybridized carbons (Fsp3) is 0.556. The van der Waals surface area contributed by atoms with Gasteiger partial charge in [0.05, 0.1) is 0 Å². The van der Waals surface area contributed by atoms with Crippen molar-refractivity contribution in [1.82, 2.24) is 4.90 Å². The van der Waals surface area contributed by atoms with Crippen molar-refractivity contribution in [3.05, 3.63) is 42.5 Å². The Labute approximate surface area is 124 Å². The molecule has 0 aliphatic carbocycles. The summed E-state index contributed by atoms with van der Waals surface area (Å²) in [6.07, 6.45) is 8.86. The molecule has 20 heavy (non-hydrogen) atoms. The van der Waals surface area contributed by atoms with E-state index in [4.69, 9.17) is 5.73 Å². The molecule has 0 bridgehead atoms. The Bertz CT molecular complexity index is 366. The molecule has 1 heterocycles. The topological polar surface area (TPSA) is 29.3 Å². The highest BCUT2D eigenvalue weighted by Gasteiger charge is 2.18. The molecule has 1 aromatic carbocycles. The van der Waals surface area contributed by atoms with E-state index in [9.17, 15) is 0 Å². The van der Waals surface area contributed by atoms with Crippen LogP contribution in [0.25, 0.3) is 0 Å². The zero-order valence-electron chi connectivity index (χ0n) is 13.1. The van der Waals surface area contributed by atoms with Crippen LogP contribution in [-0.2, 0) is 0 Å². The summed E-state index contributed by atoms with van der Waals surface area (Å²) in [5.41, 5.74) is 7.53. The number of benzene rings is 1. The van der Waals surface area contributed by atoms with E-state index in [-0.39, 0.29) is 0 Å².